The number of hydrogen-bond acceptors (Lipinski definition) is 8. The molecule has 1 amide bonds. The van der Waals surface area contributed by atoms with Crippen LogP contribution in [0, 0.1) is 0 Å². The topological polar surface area (TPSA) is 128 Å². The third-order valence-electron chi connectivity index (χ3n) is 3.88. The second kappa shape index (κ2) is 6.59. The number of hydrogen-bond donors (Lipinski definition) is 2. The molecular weight excluding hydrogens is 358 g/mol. The third-order valence-corrected chi connectivity index (χ3v) is 4.42. The monoisotopic (exact) mass is 375 g/mol. The van der Waals surface area contributed by atoms with Crippen molar-refractivity contribution in [3.8, 4) is 0 Å². The highest BCUT2D eigenvalue weighted by Crippen LogP contribution is 2.21. The second-order valence-corrected chi connectivity index (χ2v) is 6.38. The number of amides is 1. The van der Waals surface area contributed by atoms with Gasteiger partial charge in [0.15, 0.2) is 0 Å². The van der Waals surface area contributed by atoms with Crippen LogP contribution in [0.3, 0.4) is 0 Å². The van der Waals surface area contributed by atoms with E-state index in [0.29, 0.717) is 16.7 Å². The lowest BCUT2D eigenvalue weighted by molar-refractivity contribution is -0.116. The second-order valence-electron chi connectivity index (χ2n) is 5.85. The van der Waals surface area contributed by atoms with Crippen molar-refractivity contribution < 1.29 is 4.79 Å². The van der Waals surface area contributed by atoms with Gasteiger partial charge in [-0.05, 0) is 12.1 Å². The largest absolute Gasteiger partial charge is 0.383 e. The molecule has 0 bridgehead atoms. The van der Waals surface area contributed by atoms with Crippen molar-refractivity contribution in [3.05, 3.63) is 39.0 Å². The predicted octanol–water partition coefficient (Wildman–Crippen LogP) is -0.161. The third kappa shape index (κ3) is 2.92. The Morgan fingerprint density at radius 2 is 2.04 bits per heavy atom. The minimum Gasteiger partial charge on any atom is -0.383 e. The van der Waals surface area contributed by atoms with Crippen LogP contribution in [0.15, 0.2) is 27.8 Å². The van der Waals surface area contributed by atoms with Gasteiger partial charge >= 0.3 is 5.69 Å². The summed E-state index contributed by atoms with van der Waals surface area (Å²) in [6.45, 7) is -0.444. The van der Waals surface area contributed by atoms with Crippen LogP contribution in [0.5, 0.6) is 0 Å². The van der Waals surface area contributed by atoms with Crippen LogP contribution in [0.2, 0.25) is 0 Å². The molecule has 0 aliphatic carbocycles. The number of carbonyl (C=O) groups excluding carboxylic acids is 1. The van der Waals surface area contributed by atoms with Crippen LogP contribution in [-0.2, 0) is 18.4 Å². The molecule has 26 heavy (non-hydrogen) atoms. The van der Waals surface area contributed by atoms with Gasteiger partial charge < -0.3 is 16.0 Å². The first-order chi connectivity index (χ1) is 12.3. The first kappa shape index (κ1) is 17.6. The molecule has 0 saturated heterocycles. The number of anilines is 3. The van der Waals surface area contributed by atoms with Gasteiger partial charge in [0, 0.05) is 21.1 Å². The Kier molecular flexibility index (Phi) is 4.47. The zero-order valence-corrected chi connectivity index (χ0v) is 15.2. The van der Waals surface area contributed by atoms with Crippen molar-refractivity contribution in [2.75, 3.05) is 30.0 Å². The molecule has 3 rings (SSSR count). The number of nitrogens with zero attached hydrogens (tertiary/aromatic N) is 5. The SMILES string of the molecule is CN(C)c1c(N)n(C)c(=O)n(CC(=O)Nc2cccc3nsnc23)c1=O. The molecular formula is C15H17N7O3S. The van der Waals surface area contributed by atoms with Gasteiger partial charge in [-0.25, -0.2) is 9.36 Å². The number of nitrogen functional groups attached to an aromatic ring is 1. The van der Waals surface area contributed by atoms with Gasteiger partial charge in [0.1, 0.15) is 29.1 Å². The minimum absolute atomic E-state index is 0.0416. The normalized spacial score (nSPS) is 10.9. The Morgan fingerprint density at radius 1 is 1.31 bits per heavy atom. The Labute approximate surface area is 151 Å². The van der Waals surface area contributed by atoms with Gasteiger partial charge in [0.25, 0.3) is 5.56 Å². The van der Waals surface area contributed by atoms with Gasteiger partial charge in [-0.15, -0.1) is 0 Å². The molecule has 2 aromatic heterocycles. The Hall–Kier alpha value is -3.21. The molecule has 10 nitrogen and oxygen atoms in total. The van der Waals surface area contributed by atoms with Crippen LogP contribution in [0.25, 0.3) is 11.0 Å². The van der Waals surface area contributed by atoms with Crippen LogP contribution in [0.1, 0.15) is 0 Å². The van der Waals surface area contributed by atoms with E-state index < -0.39 is 23.7 Å². The quantitative estimate of drug-likeness (QED) is 0.648. The van der Waals surface area contributed by atoms with Crippen molar-refractivity contribution in [2.45, 2.75) is 6.54 Å². The molecule has 3 aromatic rings. The molecule has 11 heteroatoms. The lowest BCUT2D eigenvalue weighted by Crippen LogP contribution is -2.44. The van der Waals surface area contributed by atoms with Crippen molar-refractivity contribution in [1.82, 2.24) is 17.9 Å². The van der Waals surface area contributed by atoms with Crippen LogP contribution in [0.4, 0.5) is 17.2 Å². The van der Waals surface area contributed by atoms with E-state index in [4.69, 9.17) is 5.73 Å². The summed E-state index contributed by atoms with van der Waals surface area (Å²) < 4.78 is 10.2. The van der Waals surface area contributed by atoms with Gasteiger partial charge in [-0.3, -0.25) is 14.2 Å². The number of nitrogens with two attached hydrogens (primary N) is 1. The molecule has 0 unspecified atom stereocenters. The molecule has 0 fully saturated rings. The molecule has 0 spiro atoms. The average molecular weight is 375 g/mol. The van der Waals surface area contributed by atoms with Gasteiger partial charge in [0.05, 0.1) is 17.4 Å². The van der Waals surface area contributed by atoms with Crippen LogP contribution in [-0.4, -0.2) is 37.9 Å². The zero-order valence-electron chi connectivity index (χ0n) is 14.4. The molecule has 0 atom stereocenters. The van der Waals surface area contributed by atoms with E-state index in [9.17, 15) is 14.4 Å². The summed E-state index contributed by atoms with van der Waals surface area (Å²) in [5.41, 5.74) is 6.38. The number of aromatic nitrogens is 4. The van der Waals surface area contributed by atoms with E-state index in [1.54, 1.807) is 32.3 Å². The maximum Gasteiger partial charge on any atom is 0.332 e. The van der Waals surface area contributed by atoms with E-state index in [0.717, 1.165) is 20.9 Å². The highest BCUT2D eigenvalue weighted by atomic mass is 32.1. The van der Waals surface area contributed by atoms with Crippen molar-refractivity contribution >= 4 is 45.9 Å². The average Bonchev–Trinajstić information content (AvgIpc) is 3.06. The molecule has 0 saturated carbocycles. The van der Waals surface area contributed by atoms with Crippen LogP contribution >= 0.6 is 11.7 Å². The number of nitrogens with one attached hydrogen (secondary N) is 1. The highest BCUT2D eigenvalue weighted by Gasteiger charge is 2.19. The number of carbonyl (C=O) groups is 1. The maximum atomic E-state index is 12.6. The molecule has 136 valence electrons. The number of rotatable bonds is 4. The molecule has 2 heterocycles. The summed E-state index contributed by atoms with van der Waals surface area (Å²) in [5, 5.41) is 2.67. The maximum absolute atomic E-state index is 12.6. The first-order valence-corrected chi connectivity index (χ1v) is 8.32. The fourth-order valence-corrected chi connectivity index (χ4v) is 3.12. The van der Waals surface area contributed by atoms with Crippen molar-refractivity contribution in [3.63, 3.8) is 0 Å². The van der Waals surface area contributed by atoms with Crippen molar-refractivity contribution in [1.29, 1.82) is 0 Å². The summed E-state index contributed by atoms with van der Waals surface area (Å²) in [4.78, 5) is 38.9. The lowest BCUT2D eigenvalue weighted by atomic mass is 10.2. The summed E-state index contributed by atoms with van der Waals surface area (Å²) in [7, 11) is 4.72. The Bertz CT molecular complexity index is 1110. The fraction of sp³-hybridized carbons (Fsp3) is 0.267. The minimum atomic E-state index is -0.665. The fourth-order valence-electron chi connectivity index (χ4n) is 2.57. The van der Waals surface area contributed by atoms with E-state index in [1.165, 1.54) is 11.9 Å². The Balaban J connectivity index is 1.96. The van der Waals surface area contributed by atoms with Gasteiger partial charge in [-0.1, -0.05) is 6.07 Å². The summed E-state index contributed by atoms with van der Waals surface area (Å²) >= 11 is 1.03. The first-order valence-electron chi connectivity index (χ1n) is 7.59. The molecule has 3 N–H and O–H groups in total. The summed E-state index contributed by atoms with van der Waals surface area (Å²) in [6, 6.07) is 5.19. The van der Waals surface area contributed by atoms with Crippen LogP contribution < -0.4 is 27.2 Å². The number of benzene rings is 1. The standard InChI is InChI=1S/C15H17N7O3S/c1-20(2)12-13(16)21(3)15(25)22(14(12)24)7-10(23)17-8-5-4-6-9-11(8)19-26-18-9/h4-6H,7,16H2,1-3H3,(H,17,23). The number of fused-ring (bicyclic) bond motifs is 1. The van der Waals surface area contributed by atoms with Gasteiger partial charge in [-0.2, -0.15) is 8.75 Å². The molecule has 0 aliphatic heterocycles. The van der Waals surface area contributed by atoms with E-state index in [1.807, 2.05) is 0 Å². The smallest absolute Gasteiger partial charge is 0.332 e. The summed E-state index contributed by atoms with van der Waals surface area (Å²) in [6.07, 6.45) is 0. The molecule has 1 aromatic carbocycles. The van der Waals surface area contributed by atoms with Gasteiger partial charge in [0.2, 0.25) is 5.91 Å². The molecule has 0 aliphatic rings. The highest BCUT2D eigenvalue weighted by molar-refractivity contribution is 7.00. The zero-order chi connectivity index (χ0) is 19.0. The van der Waals surface area contributed by atoms with E-state index in [2.05, 4.69) is 14.1 Å². The predicted molar refractivity (Wildman–Crippen MR) is 101 cm³/mol. The summed E-state index contributed by atoms with van der Waals surface area (Å²) in [5.74, 6) is -0.487. The lowest BCUT2D eigenvalue weighted by Gasteiger charge is -2.18. The van der Waals surface area contributed by atoms with E-state index >= 15 is 0 Å². The van der Waals surface area contributed by atoms with Crippen molar-refractivity contribution in [2.24, 2.45) is 7.05 Å². The van der Waals surface area contributed by atoms with E-state index in [-0.39, 0.29) is 11.5 Å². The molecule has 0 radical (unpaired) electrons. The Morgan fingerprint density at radius 3 is 2.73 bits per heavy atom.